The summed E-state index contributed by atoms with van der Waals surface area (Å²) in [5.41, 5.74) is 2.15. The first-order valence-electron chi connectivity index (χ1n) is 6.50. The Kier molecular flexibility index (Phi) is 5.39. The molecule has 0 aromatic heterocycles. The molecule has 2 aromatic rings. The third-order valence-corrected chi connectivity index (χ3v) is 4.04. The summed E-state index contributed by atoms with van der Waals surface area (Å²) >= 11 is 18.4. The van der Waals surface area contributed by atoms with Crippen LogP contribution in [-0.4, -0.2) is 11.7 Å². The molecular formula is C16H15Cl3O2. The molecule has 5 heteroatoms. The monoisotopic (exact) mass is 344 g/mol. The fourth-order valence-electron chi connectivity index (χ4n) is 2.09. The number of rotatable bonds is 4. The molecule has 0 aliphatic heterocycles. The second kappa shape index (κ2) is 6.89. The Balaban J connectivity index is 2.46. The predicted octanol–water partition coefficient (Wildman–Crippen LogP) is 5.44. The minimum absolute atomic E-state index is 0.398. The van der Waals surface area contributed by atoms with E-state index in [2.05, 4.69) is 0 Å². The van der Waals surface area contributed by atoms with Gasteiger partial charge in [0.1, 0.15) is 11.9 Å². The van der Waals surface area contributed by atoms with Crippen molar-refractivity contribution in [1.29, 1.82) is 0 Å². The standard InChI is InChI=1S/C16H15Cl3O2/c1-3-21-15-8-13(18)12(7-14(15)19)16(20)11-6-10(17)5-4-9(11)2/h4-8,16,20H,3H2,1-2H3. The molecule has 0 aliphatic carbocycles. The average Bonchev–Trinajstić information content (AvgIpc) is 2.44. The van der Waals surface area contributed by atoms with Crippen molar-refractivity contribution in [1.82, 2.24) is 0 Å². The topological polar surface area (TPSA) is 29.5 Å². The molecule has 1 atom stereocenters. The van der Waals surface area contributed by atoms with Gasteiger partial charge in [0, 0.05) is 16.7 Å². The van der Waals surface area contributed by atoms with Crippen molar-refractivity contribution < 1.29 is 9.84 Å². The van der Waals surface area contributed by atoms with Crippen LogP contribution in [0.5, 0.6) is 5.75 Å². The van der Waals surface area contributed by atoms with Gasteiger partial charge in [-0.1, -0.05) is 40.9 Å². The molecule has 0 amide bonds. The number of ether oxygens (including phenoxy) is 1. The smallest absolute Gasteiger partial charge is 0.139 e. The number of aliphatic hydroxyl groups is 1. The van der Waals surface area contributed by atoms with Crippen molar-refractivity contribution in [2.75, 3.05) is 6.61 Å². The number of benzene rings is 2. The van der Waals surface area contributed by atoms with Crippen LogP contribution in [0.25, 0.3) is 0 Å². The highest BCUT2D eigenvalue weighted by atomic mass is 35.5. The molecule has 0 heterocycles. The van der Waals surface area contributed by atoms with Crippen LogP contribution in [0.3, 0.4) is 0 Å². The molecule has 21 heavy (non-hydrogen) atoms. The van der Waals surface area contributed by atoms with Gasteiger partial charge >= 0.3 is 0 Å². The van der Waals surface area contributed by atoms with Crippen molar-refractivity contribution in [3.8, 4) is 5.75 Å². The van der Waals surface area contributed by atoms with Crippen molar-refractivity contribution in [2.24, 2.45) is 0 Å². The fraction of sp³-hybridized carbons (Fsp3) is 0.250. The molecule has 1 unspecified atom stereocenters. The SMILES string of the molecule is CCOc1cc(Cl)c(C(O)c2cc(Cl)ccc2C)cc1Cl. The highest BCUT2D eigenvalue weighted by Gasteiger charge is 2.19. The molecule has 112 valence electrons. The first-order valence-corrected chi connectivity index (χ1v) is 7.63. The first kappa shape index (κ1) is 16.4. The summed E-state index contributed by atoms with van der Waals surface area (Å²) in [6.07, 6.45) is -0.899. The minimum atomic E-state index is -0.899. The first-order chi connectivity index (χ1) is 9.93. The molecular weight excluding hydrogens is 331 g/mol. The summed E-state index contributed by atoms with van der Waals surface area (Å²) in [6, 6.07) is 8.60. The van der Waals surface area contributed by atoms with Crippen LogP contribution in [0.2, 0.25) is 15.1 Å². The third kappa shape index (κ3) is 3.64. The molecule has 0 fully saturated rings. The molecule has 0 aliphatic rings. The summed E-state index contributed by atoms with van der Waals surface area (Å²) in [6.45, 7) is 4.26. The van der Waals surface area contributed by atoms with E-state index >= 15 is 0 Å². The number of halogens is 3. The van der Waals surface area contributed by atoms with E-state index in [0.29, 0.717) is 38.6 Å². The molecule has 2 aromatic carbocycles. The van der Waals surface area contributed by atoms with Crippen molar-refractivity contribution in [2.45, 2.75) is 20.0 Å². The van der Waals surface area contributed by atoms with Crippen LogP contribution >= 0.6 is 34.8 Å². The van der Waals surface area contributed by atoms with E-state index in [4.69, 9.17) is 39.5 Å². The van der Waals surface area contributed by atoms with E-state index in [1.807, 2.05) is 19.9 Å². The van der Waals surface area contributed by atoms with Gasteiger partial charge < -0.3 is 9.84 Å². The molecule has 0 bridgehead atoms. The molecule has 2 nitrogen and oxygen atoms in total. The van der Waals surface area contributed by atoms with Crippen LogP contribution in [0.4, 0.5) is 0 Å². The number of aliphatic hydroxyl groups excluding tert-OH is 1. The van der Waals surface area contributed by atoms with Crippen molar-refractivity contribution in [3.05, 3.63) is 62.1 Å². The number of aryl methyl sites for hydroxylation is 1. The normalized spacial score (nSPS) is 12.3. The zero-order valence-electron chi connectivity index (χ0n) is 11.7. The van der Waals surface area contributed by atoms with E-state index in [-0.39, 0.29) is 0 Å². The Morgan fingerprint density at radius 2 is 1.76 bits per heavy atom. The van der Waals surface area contributed by atoms with Crippen LogP contribution in [0.15, 0.2) is 30.3 Å². The highest BCUT2D eigenvalue weighted by Crippen LogP contribution is 2.37. The van der Waals surface area contributed by atoms with Crippen LogP contribution in [-0.2, 0) is 0 Å². The Hall–Kier alpha value is -0.930. The fourth-order valence-corrected chi connectivity index (χ4v) is 2.76. The highest BCUT2D eigenvalue weighted by molar-refractivity contribution is 6.34. The molecule has 1 N–H and O–H groups in total. The number of hydrogen-bond donors (Lipinski definition) is 1. The second-order valence-corrected chi connectivity index (χ2v) is 5.89. The summed E-state index contributed by atoms with van der Waals surface area (Å²) in [5.74, 6) is 0.503. The molecule has 0 spiro atoms. The van der Waals surface area contributed by atoms with Gasteiger partial charge in [0.05, 0.1) is 16.7 Å². The maximum atomic E-state index is 10.6. The summed E-state index contributed by atoms with van der Waals surface area (Å²) in [7, 11) is 0. The van der Waals surface area contributed by atoms with Gasteiger partial charge in [-0.2, -0.15) is 0 Å². The lowest BCUT2D eigenvalue weighted by molar-refractivity contribution is 0.219. The van der Waals surface area contributed by atoms with E-state index in [0.717, 1.165) is 5.56 Å². The molecule has 0 saturated carbocycles. The minimum Gasteiger partial charge on any atom is -0.492 e. The molecule has 0 saturated heterocycles. The van der Waals surface area contributed by atoms with Crippen LogP contribution in [0, 0.1) is 6.92 Å². The lowest BCUT2D eigenvalue weighted by Crippen LogP contribution is -2.04. The summed E-state index contributed by atoms with van der Waals surface area (Å²) in [5, 5.41) is 11.9. The summed E-state index contributed by atoms with van der Waals surface area (Å²) < 4.78 is 5.38. The van der Waals surface area contributed by atoms with Gasteiger partial charge in [0.15, 0.2) is 0 Å². The van der Waals surface area contributed by atoms with Gasteiger partial charge in [0.25, 0.3) is 0 Å². The van der Waals surface area contributed by atoms with E-state index in [9.17, 15) is 5.11 Å². The lowest BCUT2D eigenvalue weighted by Gasteiger charge is -2.17. The Morgan fingerprint density at radius 3 is 2.43 bits per heavy atom. The Morgan fingerprint density at radius 1 is 1.05 bits per heavy atom. The lowest BCUT2D eigenvalue weighted by atomic mass is 9.97. The van der Waals surface area contributed by atoms with E-state index in [1.165, 1.54) is 0 Å². The Labute approximate surface area is 139 Å². The quantitative estimate of drug-likeness (QED) is 0.800. The van der Waals surface area contributed by atoms with Crippen molar-refractivity contribution in [3.63, 3.8) is 0 Å². The number of hydrogen-bond acceptors (Lipinski definition) is 2. The van der Waals surface area contributed by atoms with E-state index in [1.54, 1.807) is 24.3 Å². The zero-order valence-corrected chi connectivity index (χ0v) is 13.9. The molecule has 2 rings (SSSR count). The molecule has 0 radical (unpaired) electrons. The summed E-state index contributed by atoms with van der Waals surface area (Å²) in [4.78, 5) is 0. The van der Waals surface area contributed by atoms with Crippen LogP contribution < -0.4 is 4.74 Å². The van der Waals surface area contributed by atoms with Gasteiger partial charge in [0.2, 0.25) is 0 Å². The van der Waals surface area contributed by atoms with Crippen molar-refractivity contribution >= 4 is 34.8 Å². The van der Waals surface area contributed by atoms with E-state index < -0.39 is 6.10 Å². The largest absolute Gasteiger partial charge is 0.492 e. The maximum Gasteiger partial charge on any atom is 0.139 e. The van der Waals surface area contributed by atoms with Gasteiger partial charge in [-0.25, -0.2) is 0 Å². The maximum absolute atomic E-state index is 10.6. The second-order valence-electron chi connectivity index (χ2n) is 4.64. The van der Waals surface area contributed by atoms with Gasteiger partial charge in [-0.3, -0.25) is 0 Å². The van der Waals surface area contributed by atoms with Gasteiger partial charge in [-0.15, -0.1) is 0 Å². The van der Waals surface area contributed by atoms with Gasteiger partial charge in [-0.05, 0) is 43.2 Å². The third-order valence-electron chi connectivity index (χ3n) is 3.18. The zero-order chi connectivity index (χ0) is 15.6. The Bertz CT molecular complexity index is 656. The average molecular weight is 346 g/mol. The predicted molar refractivity (Wildman–Crippen MR) is 87.9 cm³/mol. The van der Waals surface area contributed by atoms with Crippen LogP contribution in [0.1, 0.15) is 29.7 Å².